The van der Waals surface area contributed by atoms with E-state index in [2.05, 4.69) is 30.2 Å². The number of benzene rings is 1. The third-order valence-electron chi connectivity index (χ3n) is 4.02. The van der Waals surface area contributed by atoms with Crippen LogP contribution in [0.4, 0.5) is 5.69 Å². The van der Waals surface area contributed by atoms with E-state index in [1.54, 1.807) is 0 Å². The van der Waals surface area contributed by atoms with Gasteiger partial charge in [0.25, 0.3) is 0 Å². The fraction of sp³-hybridized carbons (Fsp3) is 0.389. The topological polar surface area (TPSA) is 45.1 Å². The van der Waals surface area contributed by atoms with Crippen LogP contribution in [0.1, 0.15) is 46.6 Å². The molecule has 2 aromatic rings. The number of anilines is 1. The van der Waals surface area contributed by atoms with Gasteiger partial charge in [-0.1, -0.05) is 6.07 Å². The Hall–Kier alpha value is -2.03. The van der Waals surface area contributed by atoms with E-state index < -0.39 is 0 Å². The van der Waals surface area contributed by atoms with Crippen LogP contribution in [0.15, 0.2) is 18.2 Å². The lowest BCUT2D eigenvalue weighted by molar-refractivity contribution is 0.467. The summed E-state index contributed by atoms with van der Waals surface area (Å²) in [5.41, 5.74) is 7.32. The van der Waals surface area contributed by atoms with E-state index >= 15 is 0 Å². The number of aromatic nitrogens is 1. The van der Waals surface area contributed by atoms with Gasteiger partial charge >= 0.3 is 0 Å². The van der Waals surface area contributed by atoms with Gasteiger partial charge in [-0.25, -0.2) is 0 Å². The third-order valence-corrected chi connectivity index (χ3v) is 4.02. The minimum atomic E-state index is 0.138. The van der Waals surface area contributed by atoms with Gasteiger partial charge in [-0.2, -0.15) is 0 Å². The maximum atomic E-state index is 10.1. The summed E-state index contributed by atoms with van der Waals surface area (Å²) in [7, 11) is 0. The smallest absolute Gasteiger partial charge is 0.123 e. The van der Waals surface area contributed by atoms with Crippen molar-refractivity contribution in [1.29, 1.82) is 0 Å². The number of aryl methyl sites for hydroxylation is 4. The molecule has 1 heterocycles. The molecule has 1 unspecified atom stereocenters. The lowest BCUT2D eigenvalue weighted by atomic mass is 9.99. The van der Waals surface area contributed by atoms with Crippen LogP contribution in [-0.2, 0) is 0 Å². The Morgan fingerprint density at radius 1 is 1.05 bits per heavy atom. The van der Waals surface area contributed by atoms with Crippen molar-refractivity contribution in [2.75, 3.05) is 5.32 Å². The lowest BCUT2D eigenvalue weighted by Crippen LogP contribution is -2.12. The van der Waals surface area contributed by atoms with E-state index in [9.17, 15) is 5.11 Å². The Kier molecular flexibility index (Phi) is 4.21. The second kappa shape index (κ2) is 5.76. The SMILES string of the molecule is Cc1cc(C)c(C(C)Nc2ccc(C)c(O)c2C)c(C)n1. The van der Waals surface area contributed by atoms with Crippen LogP contribution in [0.3, 0.4) is 0 Å². The number of pyridine rings is 1. The molecule has 1 atom stereocenters. The molecule has 2 rings (SSSR count). The van der Waals surface area contributed by atoms with Crippen molar-refractivity contribution < 1.29 is 5.11 Å². The highest BCUT2D eigenvalue weighted by Crippen LogP contribution is 2.31. The van der Waals surface area contributed by atoms with E-state index in [1.807, 2.05) is 39.8 Å². The van der Waals surface area contributed by atoms with Crippen LogP contribution in [-0.4, -0.2) is 10.1 Å². The molecule has 0 bridgehead atoms. The first-order valence-corrected chi connectivity index (χ1v) is 7.31. The van der Waals surface area contributed by atoms with Crippen molar-refractivity contribution in [1.82, 2.24) is 4.98 Å². The Morgan fingerprint density at radius 3 is 2.33 bits per heavy atom. The van der Waals surface area contributed by atoms with Gasteiger partial charge in [0.2, 0.25) is 0 Å². The maximum Gasteiger partial charge on any atom is 0.123 e. The van der Waals surface area contributed by atoms with Crippen molar-refractivity contribution in [3.63, 3.8) is 0 Å². The van der Waals surface area contributed by atoms with Crippen molar-refractivity contribution in [2.45, 2.75) is 47.6 Å². The molecule has 0 amide bonds. The van der Waals surface area contributed by atoms with Crippen LogP contribution >= 0.6 is 0 Å². The van der Waals surface area contributed by atoms with Gasteiger partial charge in [-0.15, -0.1) is 0 Å². The van der Waals surface area contributed by atoms with Gasteiger partial charge in [-0.3, -0.25) is 4.98 Å². The number of aromatic hydroxyl groups is 1. The third kappa shape index (κ3) is 3.02. The summed E-state index contributed by atoms with van der Waals surface area (Å²) < 4.78 is 0. The van der Waals surface area contributed by atoms with Gasteiger partial charge in [-0.05, 0) is 70.4 Å². The highest BCUT2D eigenvalue weighted by Gasteiger charge is 2.15. The van der Waals surface area contributed by atoms with Crippen LogP contribution < -0.4 is 5.32 Å². The number of phenolic OH excluding ortho intramolecular Hbond substituents is 1. The number of hydrogen-bond acceptors (Lipinski definition) is 3. The molecule has 3 nitrogen and oxygen atoms in total. The van der Waals surface area contributed by atoms with E-state index in [0.29, 0.717) is 5.75 Å². The zero-order valence-corrected chi connectivity index (χ0v) is 13.7. The Labute approximate surface area is 127 Å². The molecule has 0 fully saturated rings. The minimum absolute atomic E-state index is 0.138. The molecule has 0 aliphatic carbocycles. The molecule has 0 spiro atoms. The van der Waals surface area contributed by atoms with E-state index in [-0.39, 0.29) is 6.04 Å². The molecule has 0 aliphatic rings. The molecule has 21 heavy (non-hydrogen) atoms. The highest BCUT2D eigenvalue weighted by molar-refractivity contribution is 5.60. The second-order valence-electron chi connectivity index (χ2n) is 5.85. The molecular formula is C18H24N2O. The molecule has 1 aromatic heterocycles. The van der Waals surface area contributed by atoms with Gasteiger partial charge < -0.3 is 10.4 Å². The summed E-state index contributed by atoms with van der Waals surface area (Å²) in [6.07, 6.45) is 0. The largest absolute Gasteiger partial charge is 0.507 e. The highest BCUT2D eigenvalue weighted by atomic mass is 16.3. The normalized spacial score (nSPS) is 12.3. The van der Waals surface area contributed by atoms with Gasteiger partial charge in [0.1, 0.15) is 5.75 Å². The summed E-state index contributed by atoms with van der Waals surface area (Å²) in [6.45, 7) is 12.2. The van der Waals surface area contributed by atoms with Gasteiger partial charge in [0.05, 0.1) is 6.04 Å². The number of rotatable bonds is 3. The van der Waals surface area contributed by atoms with Crippen LogP contribution in [0.2, 0.25) is 0 Å². The fourth-order valence-electron chi connectivity index (χ4n) is 2.99. The number of nitrogens with zero attached hydrogens (tertiary/aromatic N) is 1. The Bertz CT molecular complexity index is 654. The second-order valence-corrected chi connectivity index (χ2v) is 5.85. The summed E-state index contributed by atoms with van der Waals surface area (Å²) in [4.78, 5) is 4.56. The van der Waals surface area contributed by atoms with Crippen molar-refractivity contribution in [3.05, 3.63) is 51.8 Å². The van der Waals surface area contributed by atoms with Crippen molar-refractivity contribution in [3.8, 4) is 5.75 Å². The average molecular weight is 284 g/mol. The molecular weight excluding hydrogens is 260 g/mol. The van der Waals surface area contributed by atoms with Crippen molar-refractivity contribution in [2.24, 2.45) is 0 Å². The standard InChI is InChI=1S/C18H24N2O/c1-10-7-8-16(13(4)18(10)21)20-15(6)17-11(2)9-12(3)19-14(17)5/h7-9,15,20-21H,1-6H3. The van der Waals surface area contributed by atoms with E-state index in [1.165, 1.54) is 11.1 Å². The predicted molar refractivity (Wildman–Crippen MR) is 88.1 cm³/mol. The molecule has 1 aromatic carbocycles. The first-order valence-electron chi connectivity index (χ1n) is 7.31. The first-order chi connectivity index (χ1) is 9.81. The summed E-state index contributed by atoms with van der Waals surface area (Å²) in [6, 6.07) is 6.20. The average Bonchev–Trinajstić information content (AvgIpc) is 2.38. The molecule has 112 valence electrons. The van der Waals surface area contributed by atoms with Crippen LogP contribution in [0, 0.1) is 34.6 Å². The maximum absolute atomic E-state index is 10.1. The first kappa shape index (κ1) is 15.4. The summed E-state index contributed by atoms with van der Waals surface area (Å²) in [5, 5.41) is 13.6. The monoisotopic (exact) mass is 284 g/mol. The summed E-state index contributed by atoms with van der Waals surface area (Å²) in [5.74, 6) is 0.364. The van der Waals surface area contributed by atoms with E-state index in [4.69, 9.17) is 0 Å². The van der Waals surface area contributed by atoms with E-state index in [0.717, 1.165) is 28.2 Å². The molecule has 2 N–H and O–H groups in total. The van der Waals surface area contributed by atoms with Crippen molar-refractivity contribution >= 4 is 5.69 Å². The number of hydrogen-bond donors (Lipinski definition) is 2. The Balaban J connectivity index is 2.35. The molecule has 0 aliphatic heterocycles. The molecule has 0 radical (unpaired) electrons. The Morgan fingerprint density at radius 2 is 1.71 bits per heavy atom. The number of nitrogens with one attached hydrogen (secondary N) is 1. The predicted octanol–water partition coefficient (Wildman–Crippen LogP) is 4.50. The molecule has 3 heteroatoms. The fourth-order valence-corrected chi connectivity index (χ4v) is 2.99. The summed E-state index contributed by atoms with van der Waals surface area (Å²) >= 11 is 0. The van der Waals surface area contributed by atoms with Crippen LogP contribution in [0.25, 0.3) is 0 Å². The number of phenols is 1. The van der Waals surface area contributed by atoms with Gasteiger partial charge in [0, 0.05) is 22.6 Å². The lowest BCUT2D eigenvalue weighted by Gasteiger charge is -2.22. The zero-order valence-electron chi connectivity index (χ0n) is 13.7. The quantitative estimate of drug-likeness (QED) is 0.872. The zero-order chi connectivity index (χ0) is 15.7. The van der Waals surface area contributed by atoms with Crippen LogP contribution in [0.5, 0.6) is 5.75 Å². The molecule has 0 saturated carbocycles. The minimum Gasteiger partial charge on any atom is -0.507 e. The van der Waals surface area contributed by atoms with Gasteiger partial charge in [0.15, 0.2) is 0 Å². The molecule has 0 saturated heterocycles.